The first kappa shape index (κ1) is 13.9. The van der Waals surface area contributed by atoms with E-state index in [4.69, 9.17) is 4.74 Å². The molecule has 0 heterocycles. The highest BCUT2D eigenvalue weighted by Gasteiger charge is 2.10. The van der Waals surface area contributed by atoms with Crippen LogP contribution in [0.15, 0.2) is 46.9 Å². The summed E-state index contributed by atoms with van der Waals surface area (Å²) in [5, 5.41) is 3.50. The van der Waals surface area contributed by atoms with Gasteiger partial charge in [0, 0.05) is 15.7 Å². The van der Waals surface area contributed by atoms with E-state index < -0.39 is 0 Å². The van der Waals surface area contributed by atoms with Gasteiger partial charge in [0.05, 0.1) is 13.2 Å². The van der Waals surface area contributed by atoms with Crippen molar-refractivity contribution >= 4 is 21.6 Å². The Hall–Kier alpha value is -1.48. The average Bonchev–Trinajstić information content (AvgIpc) is 2.37. The molecule has 19 heavy (non-hydrogen) atoms. The van der Waals surface area contributed by atoms with Crippen LogP contribution in [0.25, 0.3) is 0 Å². The van der Waals surface area contributed by atoms with Crippen molar-refractivity contribution in [2.45, 2.75) is 19.9 Å². The Morgan fingerprint density at radius 3 is 2.58 bits per heavy atom. The van der Waals surface area contributed by atoms with Gasteiger partial charge >= 0.3 is 0 Å². The molecule has 100 valence electrons. The Morgan fingerprint density at radius 2 is 1.89 bits per heavy atom. The predicted octanol–water partition coefficient (Wildman–Crippen LogP) is 4.94. The molecule has 0 aliphatic rings. The number of hydrogen-bond donors (Lipinski definition) is 1. The number of benzene rings is 2. The molecule has 1 unspecified atom stereocenters. The maximum absolute atomic E-state index is 5.40. The van der Waals surface area contributed by atoms with Crippen LogP contribution in [-0.2, 0) is 0 Å². The second kappa shape index (κ2) is 6.11. The lowest BCUT2D eigenvalue weighted by molar-refractivity contribution is 0.408. The molecule has 2 aromatic rings. The highest BCUT2D eigenvalue weighted by atomic mass is 79.9. The average molecular weight is 320 g/mol. The molecule has 0 spiro atoms. The van der Waals surface area contributed by atoms with Crippen LogP contribution in [0.3, 0.4) is 0 Å². The van der Waals surface area contributed by atoms with E-state index in [1.165, 1.54) is 5.56 Å². The summed E-state index contributed by atoms with van der Waals surface area (Å²) in [5.41, 5.74) is 3.48. The summed E-state index contributed by atoms with van der Waals surface area (Å²) in [6, 6.07) is 14.6. The van der Waals surface area contributed by atoms with Gasteiger partial charge in [-0.15, -0.1) is 0 Å². The van der Waals surface area contributed by atoms with Gasteiger partial charge in [-0.1, -0.05) is 34.1 Å². The van der Waals surface area contributed by atoms with Crippen molar-refractivity contribution in [3.05, 3.63) is 58.1 Å². The third kappa shape index (κ3) is 3.51. The topological polar surface area (TPSA) is 21.3 Å². The molecule has 0 aliphatic heterocycles. The third-order valence-corrected chi connectivity index (χ3v) is 3.49. The van der Waals surface area contributed by atoms with Gasteiger partial charge in [-0.05, 0) is 43.7 Å². The summed E-state index contributed by atoms with van der Waals surface area (Å²) in [6.07, 6.45) is 0. The Labute approximate surface area is 122 Å². The zero-order valence-corrected chi connectivity index (χ0v) is 13.0. The third-order valence-electron chi connectivity index (χ3n) is 3.03. The maximum Gasteiger partial charge on any atom is 0.124 e. The van der Waals surface area contributed by atoms with Gasteiger partial charge in [-0.25, -0.2) is 0 Å². The van der Waals surface area contributed by atoms with Crippen LogP contribution in [0.4, 0.5) is 5.69 Å². The van der Waals surface area contributed by atoms with Crippen molar-refractivity contribution in [3.8, 4) is 5.75 Å². The zero-order valence-electron chi connectivity index (χ0n) is 11.4. The first-order chi connectivity index (χ1) is 9.10. The van der Waals surface area contributed by atoms with Crippen molar-refractivity contribution in [3.63, 3.8) is 0 Å². The number of rotatable bonds is 4. The van der Waals surface area contributed by atoms with Gasteiger partial charge in [0.1, 0.15) is 5.75 Å². The molecule has 3 heteroatoms. The molecule has 0 saturated heterocycles. The molecule has 1 atom stereocenters. The van der Waals surface area contributed by atoms with E-state index in [1.807, 2.05) is 18.2 Å². The van der Waals surface area contributed by atoms with E-state index in [0.29, 0.717) is 0 Å². The fraction of sp³-hybridized carbons (Fsp3) is 0.250. The minimum Gasteiger partial charge on any atom is -0.496 e. The SMILES string of the molecule is COc1ccccc1C(C)Nc1cc(C)cc(Br)c1. The van der Waals surface area contributed by atoms with Gasteiger partial charge < -0.3 is 10.1 Å². The molecule has 0 bridgehead atoms. The number of ether oxygens (including phenoxy) is 1. The van der Waals surface area contributed by atoms with E-state index in [1.54, 1.807) is 7.11 Å². The summed E-state index contributed by atoms with van der Waals surface area (Å²) in [6.45, 7) is 4.22. The molecule has 2 rings (SSSR count). The van der Waals surface area contributed by atoms with Crippen LogP contribution in [-0.4, -0.2) is 7.11 Å². The lowest BCUT2D eigenvalue weighted by Crippen LogP contribution is -2.08. The van der Waals surface area contributed by atoms with E-state index in [9.17, 15) is 0 Å². The van der Waals surface area contributed by atoms with Gasteiger partial charge in [-0.2, -0.15) is 0 Å². The summed E-state index contributed by atoms with van der Waals surface area (Å²) in [7, 11) is 1.70. The molecule has 0 saturated carbocycles. The Morgan fingerprint density at radius 1 is 1.16 bits per heavy atom. The fourth-order valence-electron chi connectivity index (χ4n) is 2.17. The van der Waals surface area contributed by atoms with Gasteiger partial charge in [-0.3, -0.25) is 0 Å². The number of aryl methyl sites for hydroxylation is 1. The highest BCUT2D eigenvalue weighted by molar-refractivity contribution is 9.10. The second-order valence-corrected chi connectivity index (χ2v) is 5.54. The Balaban J connectivity index is 2.22. The van der Waals surface area contributed by atoms with Crippen LogP contribution in [0.2, 0.25) is 0 Å². The lowest BCUT2D eigenvalue weighted by atomic mass is 10.1. The summed E-state index contributed by atoms with van der Waals surface area (Å²) in [5.74, 6) is 0.911. The molecule has 2 aromatic carbocycles. The number of halogens is 1. The lowest BCUT2D eigenvalue weighted by Gasteiger charge is -2.19. The molecular weight excluding hydrogens is 302 g/mol. The summed E-state index contributed by atoms with van der Waals surface area (Å²) < 4.78 is 6.49. The molecule has 0 aliphatic carbocycles. The minimum absolute atomic E-state index is 0.185. The monoisotopic (exact) mass is 319 g/mol. The standard InChI is InChI=1S/C16H18BrNO/c1-11-8-13(17)10-14(9-11)18-12(2)15-6-4-5-7-16(15)19-3/h4-10,12,18H,1-3H3. The molecule has 2 nitrogen and oxygen atoms in total. The predicted molar refractivity (Wildman–Crippen MR) is 83.9 cm³/mol. The number of hydrogen-bond acceptors (Lipinski definition) is 2. The largest absolute Gasteiger partial charge is 0.496 e. The normalized spacial score (nSPS) is 12.0. The number of para-hydroxylation sites is 1. The van der Waals surface area contributed by atoms with Crippen LogP contribution in [0.1, 0.15) is 24.1 Å². The molecule has 0 amide bonds. The van der Waals surface area contributed by atoms with Crippen molar-refractivity contribution in [1.82, 2.24) is 0 Å². The maximum atomic E-state index is 5.40. The summed E-state index contributed by atoms with van der Waals surface area (Å²) in [4.78, 5) is 0. The smallest absolute Gasteiger partial charge is 0.124 e. The quantitative estimate of drug-likeness (QED) is 0.861. The first-order valence-corrected chi connectivity index (χ1v) is 7.06. The molecular formula is C16H18BrNO. The molecule has 0 aromatic heterocycles. The van der Waals surface area contributed by atoms with E-state index in [2.05, 4.69) is 59.4 Å². The number of nitrogens with one attached hydrogen (secondary N) is 1. The minimum atomic E-state index is 0.185. The fourth-order valence-corrected chi connectivity index (χ4v) is 2.78. The van der Waals surface area contributed by atoms with Crippen LogP contribution < -0.4 is 10.1 Å². The van der Waals surface area contributed by atoms with Crippen molar-refractivity contribution in [1.29, 1.82) is 0 Å². The second-order valence-electron chi connectivity index (χ2n) is 4.63. The molecule has 1 N–H and O–H groups in total. The zero-order chi connectivity index (χ0) is 13.8. The number of methoxy groups -OCH3 is 1. The molecule has 0 fully saturated rings. The van der Waals surface area contributed by atoms with Crippen molar-refractivity contribution in [2.24, 2.45) is 0 Å². The van der Waals surface area contributed by atoms with Gasteiger partial charge in [0.25, 0.3) is 0 Å². The van der Waals surface area contributed by atoms with E-state index in [-0.39, 0.29) is 6.04 Å². The number of anilines is 1. The van der Waals surface area contributed by atoms with Gasteiger partial charge in [0.15, 0.2) is 0 Å². The van der Waals surface area contributed by atoms with Crippen molar-refractivity contribution in [2.75, 3.05) is 12.4 Å². The van der Waals surface area contributed by atoms with Crippen LogP contribution in [0.5, 0.6) is 5.75 Å². The highest BCUT2D eigenvalue weighted by Crippen LogP contribution is 2.28. The first-order valence-electron chi connectivity index (χ1n) is 6.27. The Bertz CT molecular complexity index is 548. The molecule has 0 radical (unpaired) electrons. The van der Waals surface area contributed by atoms with Crippen molar-refractivity contribution < 1.29 is 4.74 Å². The Kier molecular flexibility index (Phi) is 4.48. The van der Waals surface area contributed by atoms with Crippen LogP contribution in [0, 0.1) is 6.92 Å². The van der Waals surface area contributed by atoms with Crippen LogP contribution >= 0.6 is 15.9 Å². The van der Waals surface area contributed by atoms with E-state index in [0.717, 1.165) is 21.5 Å². The van der Waals surface area contributed by atoms with E-state index >= 15 is 0 Å². The van der Waals surface area contributed by atoms with Gasteiger partial charge in [0.2, 0.25) is 0 Å². The summed E-state index contributed by atoms with van der Waals surface area (Å²) >= 11 is 3.52.